The zero-order valence-electron chi connectivity index (χ0n) is 10.8. The molecule has 96 valence electrons. The van der Waals surface area contributed by atoms with E-state index in [9.17, 15) is 0 Å². The Bertz CT molecular complexity index is 586. The van der Waals surface area contributed by atoms with Gasteiger partial charge in [-0.15, -0.1) is 0 Å². The lowest BCUT2D eigenvalue weighted by Gasteiger charge is -2.10. The van der Waals surface area contributed by atoms with Crippen molar-refractivity contribution in [1.29, 1.82) is 0 Å². The molecule has 0 saturated heterocycles. The number of hydrogen-bond acceptors (Lipinski definition) is 3. The smallest absolute Gasteiger partial charge is 0.195 e. The van der Waals surface area contributed by atoms with Crippen LogP contribution in [-0.4, -0.2) is 21.9 Å². The Morgan fingerprint density at radius 2 is 2.22 bits per heavy atom. The molecule has 18 heavy (non-hydrogen) atoms. The number of aromatic nitrogens is 3. The average Bonchev–Trinajstić information content (AvgIpc) is 2.70. The van der Waals surface area contributed by atoms with Gasteiger partial charge in [0, 0.05) is 12.5 Å². The summed E-state index contributed by atoms with van der Waals surface area (Å²) in [5.41, 5.74) is 1.16. The van der Waals surface area contributed by atoms with Gasteiger partial charge in [0.1, 0.15) is 11.6 Å². The van der Waals surface area contributed by atoms with Gasteiger partial charge in [0.05, 0.1) is 7.11 Å². The molecule has 0 radical (unpaired) electrons. The Balaban J connectivity index is 2.31. The molecule has 0 aliphatic heterocycles. The van der Waals surface area contributed by atoms with Crippen molar-refractivity contribution < 1.29 is 4.74 Å². The predicted molar refractivity (Wildman–Crippen MR) is 73.6 cm³/mol. The number of nitrogens with one attached hydrogen (secondary N) is 1. The SMILES string of the molecule is COc1cccc(Cc2n[nH]c(=S)n2C(C)C)c1. The first-order valence-electron chi connectivity index (χ1n) is 5.90. The summed E-state index contributed by atoms with van der Waals surface area (Å²) in [5, 5.41) is 7.14. The van der Waals surface area contributed by atoms with Gasteiger partial charge < -0.3 is 9.30 Å². The van der Waals surface area contributed by atoms with Crippen LogP contribution in [-0.2, 0) is 6.42 Å². The second-order valence-electron chi connectivity index (χ2n) is 4.44. The minimum atomic E-state index is 0.303. The van der Waals surface area contributed by atoms with E-state index in [1.165, 1.54) is 0 Å². The first kappa shape index (κ1) is 12.8. The molecule has 2 rings (SSSR count). The highest BCUT2D eigenvalue weighted by Crippen LogP contribution is 2.17. The van der Waals surface area contributed by atoms with Crippen LogP contribution in [0.1, 0.15) is 31.3 Å². The normalized spacial score (nSPS) is 10.9. The van der Waals surface area contributed by atoms with Crippen LogP contribution in [0.4, 0.5) is 0 Å². The fourth-order valence-corrected chi connectivity index (χ4v) is 2.32. The van der Waals surface area contributed by atoms with E-state index in [0.29, 0.717) is 10.8 Å². The quantitative estimate of drug-likeness (QED) is 0.862. The number of benzene rings is 1. The van der Waals surface area contributed by atoms with E-state index in [-0.39, 0.29) is 0 Å². The average molecular weight is 263 g/mol. The van der Waals surface area contributed by atoms with Gasteiger partial charge >= 0.3 is 0 Å². The summed E-state index contributed by atoms with van der Waals surface area (Å²) >= 11 is 5.23. The molecule has 0 fully saturated rings. The molecule has 1 N–H and O–H groups in total. The highest BCUT2D eigenvalue weighted by atomic mass is 32.1. The zero-order chi connectivity index (χ0) is 13.1. The van der Waals surface area contributed by atoms with Crippen molar-refractivity contribution in [1.82, 2.24) is 14.8 Å². The Morgan fingerprint density at radius 1 is 1.44 bits per heavy atom. The minimum Gasteiger partial charge on any atom is -0.497 e. The van der Waals surface area contributed by atoms with Gasteiger partial charge in [-0.25, -0.2) is 0 Å². The number of rotatable bonds is 4. The summed E-state index contributed by atoms with van der Waals surface area (Å²) in [4.78, 5) is 0. The van der Waals surface area contributed by atoms with Crippen molar-refractivity contribution in [3.05, 3.63) is 40.4 Å². The van der Waals surface area contributed by atoms with Gasteiger partial charge in [-0.3, -0.25) is 5.10 Å². The lowest BCUT2D eigenvalue weighted by atomic mass is 10.1. The van der Waals surface area contributed by atoms with Gasteiger partial charge in [-0.05, 0) is 43.8 Å². The van der Waals surface area contributed by atoms with Crippen LogP contribution in [0.3, 0.4) is 0 Å². The number of methoxy groups -OCH3 is 1. The maximum Gasteiger partial charge on any atom is 0.195 e. The first-order valence-corrected chi connectivity index (χ1v) is 6.31. The minimum absolute atomic E-state index is 0.303. The molecule has 0 spiro atoms. The van der Waals surface area contributed by atoms with Crippen LogP contribution in [0.15, 0.2) is 24.3 Å². The summed E-state index contributed by atoms with van der Waals surface area (Å²) in [7, 11) is 1.67. The number of nitrogens with zero attached hydrogens (tertiary/aromatic N) is 2. The maximum absolute atomic E-state index is 5.23. The number of ether oxygens (including phenoxy) is 1. The van der Waals surface area contributed by atoms with E-state index >= 15 is 0 Å². The fraction of sp³-hybridized carbons (Fsp3) is 0.385. The van der Waals surface area contributed by atoms with Crippen molar-refractivity contribution in [2.75, 3.05) is 7.11 Å². The molecule has 1 aromatic heterocycles. The van der Waals surface area contributed by atoms with Gasteiger partial charge in [-0.1, -0.05) is 12.1 Å². The lowest BCUT2D eigenvalue weighted by Crippen LogP contribution is -2.07. The maximum atomic E-state index is 5.23. The molecular weight excluding hydrogens is 246 g/mol. The van der Waals surface area contributed by atoms with Crippen molar-refractivity contribution in [3.8, 4) is 5.75 Å². The molecule has 0 aliphatic rings. The first-order chi connectivity index (χ1) is 8.61. The third-order valence-corrected chi connectivity index (χ3v) is 3.08. The summed E-state index contributed by atoms with van der Waals surface area (Å²) in [6.07, 6.45) is 0.739. The zero-order valence-corrected chi connectivity index (χ0v) is 11.6. The second kappa shape index (κ2) is 5.35. The molecule has 1 heterocycles. The Kier molecular flexibility index (Phi) is 3.81. The summed E-state index contributed by atoms with van der Waals surface area (Å²) in [6.45, 7) is 4.20. The predicted octanol–water partition coefficient (Wildman–Crippen LogP) is 3.12. The lowest BCUT2D eigenvalue weighted by molar-refractivity contribution is 0.414. The van der Waals surface area contributed by atoms with Crippen LogP contribution < -0.4 is 4.74 Å². The largest absolute Gasteiger partial charge is 0.497 e. The monoisotopic (exact) mass is 263 g/mol. The van der Waals surface area contributed by atoms with Gasteiger partial charge in [0.2, 0.25) is 0 Å². The molecule has 0 amide bonds. The van der Waals surface area contributed by atoms with Crippen molar-refractivity contribution >= 4 is 12.2 Å². The molecule has 4 nitrogen and oxygen atoms in total. The third-order valence-electron chi connectivity index (χ3n) is 2.79. The Hall–Kier alpha value is -1.62. The highest BCUT2D eigenvalue weighted by Gasteiger charge is 2.10. The third kappa shape index (κ3) is 2.61. The molecule has 0 saturated carbocycles. The fourth-order valence-electron chi connectivity index (χ4n) is 1.96. The standard InChI is InChI=1S/C13H17N3OS/c1-9(2)16-12(14-15-13(16)18)8-10-5-4-6-11(7-10)17-3/h4-7,9H,8H2,1-3H3,(H,15,18). The summed E-state index contributed by atoms with van der Waals surface area (Å²) in [5.74, 6) is 1.81. The van der Waals surface area contributed by atoms with Gasteiger partial charge in [0.15, 0.2) is 4.77 Å². The van der Waals surface area contributed by atoms with E-state index in [2.05, 4.69) is 30.1 Å². The number of aromatic amines is 1. The van der Waals surface area contributed by atoms with Crippen molar-refractivity contribution in [2.24, 2.45) is 0 Å². The van der Waals surface area contributed by atoms with E-state index in [1.54, 1.807) is 7.11 Å². The van der Waals surface area contributed by atoms with Crippen molar-refractivity contribution in [2.45, 2.75) is 26.3 Å². The Labute approximate surface area is 112 Å². The van der Waals surface area contributed by atoms with E-state index in [4.69, 9.17) is 17.0 Å². The molecule has 0 atom stereocenters. The molecule has 5 heteroatoms. The summed E-state index contributed by atoms with van der Waals surface area (Å²) < 4.78 is 7.93. The molecule has 0 aliphatic carbocycles. The molecule has 1 aromatic carbocycles. The van der Waals surface area contributed by atoms with Crippen LogP contribution >= 0.6 is 12.2 Å². The molecule has 2 aromatic rings. The van der Waals surface area contributed by atoms with Crippen molar-refractivity contribution in [3.63, 3.8) is 0 Å². The van der Waals surface area contributed by atoms with Crippen LogP contribution in [0.2, 0.25) is 0 Å². The van der Waals surface area contributed by atoms with Gasteiger partial charge in [0.25, 0.3) is 0 Å². The van der Waals surface area contributed by atoms with Crippen LogP contribution in [0, 0.1) is 4.77 Å². The van der Waals surface area contributed by atoms with E-state index in [1.807, 2.05) is 22.8 Å². The van der Waals surface area contributed by atoms with Gasteiger partial charge in [-0.2, -0.15) is 5.10 Å². The van der Waals surface area contributed by atoms with Crippen LogP contribution in [0.25, 0.3) is 0 Å². The summed E-state index contributed by atoms with van der Waals surface area (Å²) in [6, 6.07) is 8.29. The molecular formula is C13H17N3OS. The van der Waals surface area contributed by atoms with E-state index in [0.717, 1.165) is 23.6 Å². The number of hydrogen-bond donors (Lipinski definition) is 1. The molecule has 0 bridgehead atoms. The number of H-pyrrole nitrogens is 1. The second-order valence-corrected chi connectivity index (χ2v) is 4.82. The Morgan fingerprint density at radius 3 is 2.89 bits per heavy atom. The van der Waals surface area contributed by atoms with E-state index < -0.39 is 0 Å². The van der Waals surface area contributed by atoms with Crippen LogP contribution in [0.5, 0.6) is 5.75 Å². The molecule has 0 unspecified atom stereocenters. The highest BCUT2D eigenvalue weighted by molar-refractivity contribution is 7.71. The topological polar surface area (TPSA) is 42.8 Å².